The van der Waals surface area contributed by atoms with Crippen LogP contribution in [0.2, 0.25) is 5.02 Å². The van der Waals surface area contributed by atoms with Gasteiger partial charge in [0.05, 0.1) is 20.9 Å². The van der Waals surface area contributed by atoms with Crippen LogP contribution in [0.5, 0.6) is 0 Å². The third kappa shape index (κ3) is 1.83. The SMILES string of the molecule is CCn1nc(C)c2nc(N)n(-c3cccc(Cl)c3Br)c21. The van der Waals surface area contributed by atoms with Crippen LogP contribution in [0.4, 0.5) is 5.95 Å². The lowest BCUT2D eigenvalue weighted by atomic mass is 10.3. The minimum Gasteiger partial charge on any atom is -0.369 e. The fraction of sp³-hybridized carbons (Fsp3) is 0.231. The van der Waals surface area contributed by atoms with Crippen LogP contribution in [0.15, 0.2) is 22.7 Å². The van der Waals surface area contributed by atoms with Crippen molar-refractivity contribution in [2.45, 2.75) is 20.4 Å². The molecular weight excluding hydrogens is 342 g/mol. The zero-order valence-corrected chi connectivity index (χ0v) is 13.4. The summed E-state index contributed by atoms with van der Waals surface area (Å²) in [5.41, 5.74) is 9.50. The Morgan fingerprint density at radius 3 is 2.85 bits per heavy atom. The number of halogens is 2. The molecule has 5 nitrogen and oxygen atoms in total. The van der Waals surface area contributed by atoms with E-state index in [0.29, 0.717) is 11.0 Å². The molecule has 0 unspecified atom stereocenters. The molecule has 2 N–H and O–H groups in total. The second kappa shape index (κ2) is 4.79. The van der Waals surface area contributed by atoms with E-state index >= 15 is 0 Å². The smallest absolute Gasteiger partial charge is 0.207 e. The van der Waals surface area contributed by atoms with Gasteiger partial charge in [-0.2, -0.15) is 5.10 Å². The minimum absolute atomic E-state index is 0.422. The van der Waals surface area contributed by atoms with Crippen molar-refractivity contribution in [2.24, 2.45) is 0 Å². The molecule has 3 rings (SSSR count). The van der Waals surface area contributed by atoms with Crippen molar-refractivity contribution in [3.05, 3.63) is 33.4 Å². The zero-order valence-electron chi connectivity index (χ0n) is 11.1. The van der Waals surface area contributed by atoms with E-state index in [0.717, 1.165) is 33.6 Å². The van der Waals surface area contributed by atoms with Gasteiger partial charge in [-0.15, -0.1) is 0 Å². The molecule has 0 fully saturated rings. The Balaban J connectivity index is 2.41. The van der Waals surface area contributed by atoms with Crippen molar-refractivity contribution in [1.82, 2.24) is 19.3 Å². The van der Waals surface area contributed by atoms with Gasteiger partial charge in [-0.25, -0.2) is 9.67 Å². The van der Waals surface area contributed by atoms with Crippen LogP contribution >= 0.6 is 27.5 Å². The molecule has 1 aromatic carbocycles. The molecule has 0 aliphatic heterocycles. The third-order valence-electron chi connectivity index (χ3n) is 3.21. The second-order valence-electron chi connectivity index (χ2n) is 4.45. The Kier molecular flexibility index (Phi) is 3.22. The quantitative estimate of drug-likeness (QED) is 0.765. The number of hydrogen-bond acceptors (Lipinski definition) is 3. The first-order valence-corrected chi connectivity index (χ1v) is 7.37. The number of aromatic nitrogens is 4. The molecule has 104 valence electrons. The molecule has 0 spiro atoms. The Hall–Kier alpha value is -1.53. The highest BCUT2D eigenvalue weighted by Crippen LogP contribution is 2.33. The normalized spacial score (nSPS) is 11.4. The number of rotatable bonds is 2. The molecule has 3 aromatic rings. The maximum absolute atomic E-state index is 6.17. The van der Waals surface area contributed by atoms with Gasteiger partial charge in [0.15, 0.2) is 5.65 Å². The molecule has 7 heteroatoms. The van der Waals surface area contributed by atoms with Crippen LogP contribution in [0, 0.1) is 6.92 Å². The van der Waals surface area contributed by atoms with E-state index in [-0.39, 0.29) is 0 Å². The zero-order chi connectivity index (χ0) is 14.4. The van der Waals surface area contributed by atoms with E-state index in [1.807, 2.05) is 41.3 Å². The first-order chi connectivity index (χ1) is 9.54. The van der Waals surface area contributed by atoms with Crippen LogP contribution in [-0.2, 0) is 6.54 Å². The van der Waals surface area contributed by atoms with Gasteiger partial charge in [-0.3, -0.25) is 4.57 Å². The number of nitrogens with zero attached hydrogens (tertiary/aromatic N) is 4. The first-order valence-electron chi connectivity index (χ1n) is 6.20. The highest BCUT2D eigenvalue weighted by atomic mass is 79.9. The van der Waals surface area contributed by atoms with Gasteiger partial charge in [-0.05, 0) is 41.9 Å². The lowest BCUT2D eigenvalue weighted by Crippen LogP contribution is -2.07. The van der Waals surface area contributed by atoms with Gasteiger partial charge < -0.3 is 5.73 Å². The highest BCUT2D eigenvalue weighted by molar-refractivity contribution is 9.10. The predicted octanol–water partition coefficient (Wildman–Crippen LogP) is 3.55. The van der Waals surface area contributed by atoms with E-state index in [2.05, 4.69) is 26.0 Å². The fourth-order valence-corrected chi connectivity index (χ4v) is 2.92. The lowest BCUT2D eigenvalue weighted by molar-refractivity contribution is 0.663. The first kappa shape index (κ1) is 13.5. The van der Waals surface area contributed by atoms with E-state index in [1.165, 1.54) is 0 Å². The van der Waals surface area contributed by atoms with Gasteiger partial charge in [0.25, 0.3) is 0 Å². The number of anilines is 1. The van der Waals surface area contributed by atoms with Gasteiger partial charge in [-0.1, -0.05) is 17.7 Å². The predicted molar refractivity (Wildman–Crippen MR) is 84.4 cm³/mol. The van der Waals surface area contributed by atoms with Crippen molar-refractivity contribution < 1.29 is 0 Å². The molecule has 2 aromatic heterocycles. The summed E-state index contributed by atoms with van der Waals surface area (Å²) in [7, 11) is 0. The summed E-state index contributed by atoms with van der Waals surface area (Å²) in [6.45, 7) is 4.71. The lowest BCUT2D eigenvalue weighted by Gasteiger charge is -2.10. The summed E-state index contributed by atoms with van der Waals surface area (Å²) in [5.74, 6) is 0.422. The van der Waals surface area contributed by atoms with Gasteiger partial charge in [0.1, 0.15) is 5.52 Å². The molecule has 0 amide bonds. The molecule has 0 aliphatic carbocycles. The summed E-state index contributed by atoms with van der Waals surface area (Å²) in [4.78, 5) is 4.42. The maximum atomic E-state index is 6.17. The topological polar surface area (TPSA) is 61.7 Å². The molecule has 20 heavy (non-hydrogen) atoms. The Labute approximate surface area is 129 Å². The number of aryl methyl sites for hydroxylation is 2. The highest BCUT2D eigenvalue weighted by Gasteiger charge is 2.19. The summed E-state index contributed by atoms with van der Waals surface area (Å²) in [6, 6.07) is 5.64. The number of imidazole rings is 1. The van der Waals surface area contributed by atoms with Gasteiger partial charge in [0, 0.05) is 6.54 Å². The molecule has 2 heterocycles. The Bertz CT molecular complexity index is 805. The van der Waals surface area contributed by atoms with Gasteiger partial charge >= 0.3 is 0 Å². The number of nitrogens with two attached hydrogens (primary N) is 1. The van der Waals surface area contributed by atoms with E-state index in [4.69, 9.17) is 17.3 Å². The van der Waals surface area contributed by atoms with Crippen LogP contribution in [-0.4, -0.2) is 19.3 Å². The number of fused-ring (bicyclic) bond motifs is 1. The van der Waals surface area contributed by atoms with Crippen molar-refractivity contribution >= 4 is 44.6 Å². The summed E-state index contributed by atoms with van der Waals surface area (Å²) in [6.07, 6.45) is 0. The van der Waals surface area contributed by atoms with Crippen molar-refractivity contribution in [3.8, 4) is 5.69 Å². The standard InChI is InChI=1S/C13H13BrClN5/c1-3-19-12-11(7(2)18-19)17-13(16)20(12)9-6-4-5-8(15)10(9)14/h4-6H,3H2,1-2H3,(H2,16,17). The fourth-order valence-electron chi connectivity index (χ4n) is 2.31. The average Bonchev–Trinajstić information content (AvgIpc) is 2.90. The van der Waals surface area contributed by atoms with E-state index in [1.54, 1.807) is 0 Å². The molecule has 0 atom stereocenters. The van der Waals surface area contributed by atoms with Crippen molar-refractivity contribution in [2.75, 3.05) is 5.73 Å². The number of hydrogen-bond donors (Lipinski definition) is 1. The summed E-state index contributed by atoms with van der Waals surface area (Å²) >= 11 is 9.68. The number of nitrogen functional groups attached to an aromatic ring is 1. The largest absolute Gasteiger partial charge is 0.369 e. The van der Waals surface area contributed by atoms with Crippen LogP contribution in [0.3, 0.4) is 0 Å². The molecule has 0 radical (unpaired) electrons. The molecular formula is C13H13BrClN5. The Morgan fingerprint density at radius 2 is 2.15 bits per heavy atom. The van der Waals surface area contributed by atoms with Crippen LogP contribution in [0.1, 0.15) is 12.6 Å². The summed E-state index contributed by atoms with van der Waals surface area (Å²) < 4.78 is 4.55. The van der Waals surface area contributed by atoms with Crippen molar-refractivity contribution in [1.29, 1.82) is 0 Å². The minimum atomic E-state index is 0.422. The van der Waals surface area contributed by atoms with Crippen molar-refractivity contribution in [3.63, 3.8) is 0 Å². The van der Waals surface area contributed by atoms with E-state index < -0.39 is 0 Å². The third-order valence-corrected chi connectivity index (χ3v) is 4.59. The second-order valence-corrected chi connectivity index (χ2v) is 5.65. The molecule has 0 saturated carbocycles. The monoisotopic (exact) mass is 353 g/mol. The van der Waals surface area contributed by atoms with Crippen LogP contribution < -0.4 is 5.73 Å². The maximum Gasteiger partial charge on any atom is 0.207 e. The molecule has 0 saturated heterocycles. The van der Waals surface area contributed by atoms with Gasteiger partial charge in [0.2, 0.25) is 5.95 Å². The molecule has 0 aliphatic rings. The molecule has 0 bridgehead atoms. The Morgan fingerprint density at radius 1 is 1.40 bits per heavy atom. The van der Waals surface area contributed by atoms with E-state index in [9.17, 15) is 0 Å². The average molecular weight is 355 g/mol. The van der Waals surface area contributed by atoms with Crippen LogP contribution in [0.25, 0.3) is 16.9 Å². The summed E-state index contributed by atoms with van der Waals surface area (Å²) in [5, 5.41) is 5.10. The number of benzene rings is 1.